The van der Waals surface area contributed by atoms with E-state index in [4.69, 9.17) is 0 Å². The van der Waals surface area contributed by atoms with Crippen LogP contribution in [0.3, 0.4) is 0 Å². The first kappa shape index (κ1) is 15.2. The third-order valence-electron chi connectivity index (χ3n) is 5.56. The first-order valence-electron chi connectivity index (χ1n) is 8.76. The van der Waals surface area contributed by atoms with Gasteiger partial charge in [0.1, 0.15) is 0 Å². The van der Waals surface area contributed by atoms with Crippen molar-refractivity contribution in [3.8, 4) is 0 Å². The van der Waals surface area contributed by atoms with Gasteiger partial charge >= 0.3 is 0 Å². The molecule has 0 aliphatic carbocycles. The molecule has 0 saturated carbocycles. The number of aromatic nitrogens is 1. The first-order chi connectivity index (χ1) is 12.1. The van der Waals surface area contributed by atoms with Gasteiger partial charge in [0, 0.05) is 17.5 Å². The van der Waals surface area contributed by atoms with Crippen LogP contribution in [0.2, 0.25) is 0 Å². The lowest BCUT2D eigenvalue weighted by atomic mass is 9.99. The summed E-state index contributed by atoms with van der Waals surface area (Å²) in [5.74, 6) is 0. The second-order valence-corrected chi connectivity index (χ2v) is 8.95. The molecule has 0 radical (unpaired) electrons. The molecule has 2 aliphatic rings. The predicted molar refractivity (Wildman–Crippen MR) is 98.3 cm³/mol. The van der Waals surface area contributed by atoms with Crippen molar-refractivity contribution in [1.82, 2.24) is 9.29 Å². The third-order valence-corrected chi connectivity index (χ3v) is 7.30. The van der Waals surface area contributed by atoms with Gasteiger partial charge in [-0.1, -0.05) is 35.9 Å². The molecular weight excluding hydrogens is 332 g/mol. The molecule has 3 heterocycles. The predicted octanol–water partition coefficient (Wildman–Crippen LogP) is 3.54. The van der Waals surface area contributed by atoms with Crippen molar-refractivity contribution in [2.24, 2.45) is 0 Å². The zero-order chi connectivity index (χ0) is 17.2. The van der Waals surface area contributed by atoms with Crippen molar-refractivity contribution in [3.05, 3.63) is 65.4 Å². The number of para-hydroxylation sites is 1. The van der Waals surface area contributed by atoms with Crippen molar-refractivity contribution in [2.75, 3.05) is 0 Å². The van der Waals surface area contributed by atoms with Crippen molar-refractivity contribution in [1.29, 1.82) is 0 Å². The van der Waals surface area contributed by atoms with Gasteiger partial charge in [-0.3, -0.25) is 0 Å². The molecule has 1 aromatic heterocycles. The molecule has 0 amide bonds. The lowest BCUT2D eigenvalue weighted by molar-refractivity contribution is 0.502. The fourth-order valence-electron chi connectivity index (χ4n) is 4.38. The minimum absolute atomic E-state index is 0.126. The van der Waals surface area contributed by atoms with Crippen LogP contribution in [0.5, 0.6) is 0 Å². The van der Waals surface area contributed by atoms with E-state index in [9.17, 15) is 8.42 Å². The highest BCUT2D eigenvalue weighted by atomic mass is 32.2. The Bertz CT molecular complexity index is 1080. The Hall–Kier alpha value is -2.11. The number of aryl methyl sites for hydroxylation is 1. The number of nitrogens with zero attached hydrogens (tertiary/aromatic N) is 1. The van der Waals surface area contributed by atoms with Crippen molar-refractivity contribution in [2.45, 2.75) is 43.2 Å². The summed E-state index contributed by atoms with van der Waals surface area (Å²) < 4.78 is 28.6. The van der Waals surface area contributed by atoms with E-state index < -0.39 is 10.0 Å². The molecule has 0 spiro atoms. The topological polar surface area (TPSA) is 51.1 Å². The van der Waals surface area contributed by atoms with Crippen LogP contribution in [-0.2, 0) is 16.4 Å². The SMILES string of the molecule is Cc1ccc(S(=O)(=O)n2c3c(c4ccccc42)CC2CCC3N2)cc1. The van der Waals surface area contributed by atoms with Gasteiger partial charge in [-0.25, -0.2) is 12.4 Å². The highest BCUT2D eigenvalue weighted by Gasteiger charge is 2.39. The van der Waals surface area contributed by atoms with E-state index in [0.717, 1.165) is 41.4 Å². The highest BCUT2D eigenvalue weighted by Crippen LogP contribution is 2.42. The van der Waals surface area contributed by atoms with Crippen LogP contribution >= 0.6 is 0 Å². The molecule has 3 aromatic rings. The average molecular weight is 352 g/mol. The maximum atomic E-state index is 13.5. The van der Waals surface area contributed by atoms with E-state index in [-0.39, 0.29) is 6.04 Å². The van der Waals surface area contributed by atoms with Crippen LogP contribution in [0.4, 0.5) is 0 Å². The van der Waals surface area contributed by atoms with Crippen molar-refractivity contribution >= 4 is 20.9 Å². The average Bonchev–Trinajstić information content (AvgIpc) is 3.16. The molecule has 1 fully saturated rings. The van der Waals surface area contributed by atoms with Crippen LogP contribution in [0.25, 0.3) is 10.9 Å². The van der Waals surface area contributed by atoms with E-state index in [0.29, 0.717) is 10.9 Å². The molecule has 2 bridgehead atoms. The summed E-state index contributed by atoms with van der Waals surface area (Å²) in [4.78, 5) is 0.349. The van der Waals surface area contributed by atoms with E-state index in [1.54, 1.807) is 16.1 Å². The Balaban J connectivity index is 1.83. The van der Waals surface area contributed by atoms with Crippen LogP contribution in [0, 0.1) is 6.92 Å². The molecular formula is C20H20N2O2S. The molecule has 2 aliphatic heterocycles. The summed E-state index contributed by atoms with van der Waals surface area (Å²) in [7, 11) is -3.63. The van der Waals surface area contributed by atoms with Crippen molar-refractivity contribution < 1.29 is 8.42 Å². The molecule has 5 heteroatoms. The molecule has 4 nitrogen and oxygen atoms in total. The fourth-order valence-corrected chi connectivity index (χ4v) is 5.98. The van der Waals surface area contributed by atoms with Gasteiger partial charge in [-0.15, -0.1) is 0 Å². The van der Waals surface area contributed by atoms with Crippen LogP contribution in [0.1, 0.15) is 35.7 Å². The second kappa shape index (κ2) is 5.19. The number of benzene rings is 2. The maximum Gasteiger partial charge on any atom is 0.268 e. The number of hydrogen-bond acceptors (Lipinski definition) is 3. The maximum absolute atomic E-state index is 13.5. The normalized spacial score (nSPS) is 22.3. The highest BCUT2D eigenvalue weighted by molar-refractivity contribution is 7.90. The van der Waals surface area contributed by atoms with E-state index in [1.165, 1.54) is 5.56 Å². The van der Waals surface area contributed by atoms with E-state index >= 15 is 0 Å². The molecule has 2 aromatic carbocycles. The number of nitrogens with one attached hydrogen (secondary N) is 1. The first-order valence-corrected chi connectivity index (χ1v) is 10.2. The molecule has 25 heavy (non-hydrogen) atoms. The van der Waals surface area contributed by atoms with Gasteiger partial charge in [0.05, 0.1) is 16.1 Å². The minimum atomic E-state index is -3.63. The van der Waals surface area contributed by atoms with Gasteiger partial charge in [0.25, 0.3) is 10.0 Å². The monoisotopic (exact) mass is 352 g/mol. The molecule has 1 saturated heterocycles. The Morgan fingerprint density at radius 3 is 2.60 bits per heavy atom. The standard InChI is InChI=1S/C20H20N2O2S/c1-13-6-9-15(10-7-13)25(23,24)22-19-5-3-2-4-16(19)17-12-14-8-11-18(21-14)20(17)22/h2-7,9-10,14,18,21H,8,11-12H2,1H3. The number of fused-ring (bicyclic) bond motifs is 6. The molecule has 5 rings (SSSR count). The van der Waals surface area contributed by atoms with Crippen molar-refractivity contribution in [3.63, 3.8) is 0 Å². The summed E-state index contributed by atoms with van der Waals surface area (Å²) in [6.45, 7) is 1.96. The second-order valence-electron chi connectivity index (χ2n) is 7.16. The van der Waals surface area contributed by atoms with Crippen LogP contribution in [0.15, 0.2) is 53.4 Å². The minimum Gasteiger partial charge on any atom is -0.306 e. The Morgan fingerprint density at radius 1 is 1.04 bits per heavy atom. The largest absolute Gasteiger partial charge is 0.306 e. The lowest BCUT2D eigenvalue weighted by Gasteiger charge is -2.24. The van der Waals surface area contributed by atoms with Gasteiger partial charge in [-0.05, 0) is 49.9 Å². The summed E-state index contributed by atoms with van der Waals surface area (Å²) in [6.07, 6.45) is 3.01. The summed E-state index contributed by atoms with van der Waals surface area (Å²) in [6, 6.07) is 15.6. The fraction of sp³-hybridized carbons (Fsp3) is 0.300. The zero-order valence-electron chi connectivity index (χ0n) is 14.1. The lowest BCUT2D eigenvalue weighted by Crippen LogP contribution is -2.33. The van der Waals surface area contributed by atoms with Crippen LogP contribution in [-0.4, -0.2) is 18.4 Å². The smallest absolute Gasteiger partial charge is 0.268 e. The Labute approximate surface area is 147 Å². The summed E-state index contributed by atoms with van der Waals surface area (Å²) >= 11 is 0. The van der Waals surface area contributed by atoms with E-state index in [1.807, 2.05) is 37.3 Å². The third kappa shape index (κ3) is 2.12. The Morgan fingerprint density at radius 2 is 1.80 bits per heavy atom. The molecule has 2 atom stereocenters. The Kier molecular flexibility index (Phi) is 3.15. The summed E-state index contributed by atoms with van der Waals surface area (Å²) in [5.41, 5.74) is 3.99. The summed E-state index contributed by atoms with van der Waals surface area (Å²) in [5, 5.41) is 4.67. The molecule has 2 unspecified atom stereocenters. The molecule has 128 valence electrons. The van der Waals surface area contributed by atoms with Gasteiger partial charge < -0.3 is 5.32 Å². The van der Waals surface area contributed by atoms with Gasteiger partial charge in [-0.2, -0.15) is 0 Å². The van der Waals surface area contributed by atoms with Gasteiger partial charge in [0.15, 0.2) is 0 Å². The quantitative estimate of drug-likeness (QED) is 0.767. The molecule has 1 N–H and O–H groups in total. The van der Waals surface area contributed by atoms with Crippen LogP contribution < -0.4 is 5.32 Å². The van der Waals surface area contributed by atoms with Gasteiger partial charge in [0.2, 0.25) is 0 Å². The zero-order valence-corrected chi connectivity index (χ0v) is 14.9. The number of hydrogen-bond donors (Lipinski definition) is 1. The van der Waals surface area contributed by atoms with E-state index in [2.05, 4.69) is 11.4 Å². The number of rotatable bonds is 2.